The summed E-state index contributed by atoms with van der Waals surface area (Å²) >= 11 is 0. The van der Waals surface area contributed by atoms with Crippen molar-refractivity contribution in [3.8, 4) is 0 Å². The largest absolute Gasteiger partial charge is 0.394 e. The Morgan fingerprint density at radius 1 is 0.352 bits per heavy atom. The summed E-state index contributed by atoms with van der Waals surface area (Å²) in [5, 5.41) is 23.2. The number of carbonyl (C=O) groups is 1. The van der Waals surface area contributed by atoms with Crippen molar-refractivity contribution in [1.29, 1.82) is 0 Å². The van der Waals surface area contributed by atoms with E-state index in [9.17, 15) is 15.0 Å². The standard InChI is InChI=1S/C67H119NO3/c1-3-5-7-9-11-13-15-17-19-21-23-25-27-28-29-30-31-32-33-34-35-36-37-38-39-40-41-43-45-47-49-51-53-55-57-59-61-63-67(71)68-65(64-69)66(70)62-60-58-56-54-52-50-48-46-44-42-26-24-22-20-18-16-14-12-10-8-6-4-2/h5,7,11,13,17,19,23,25,28-29,31-32,52,54,60,62,65-66,69-70H,3-4,6,8-10,12,14-16,18,20-22,24,26-27,30,33-51,53,55-59,61,63-64H2,1-2H3,(H,68,71)/b7-5-,13-11-,19-17-,25-23-,29-28-,32-31-,54-52+,62-60+. The zero-order valence-electron chi connectivity index (χ0n) is 47.2. The number of nitrogens with one attached hydrogen (secondary N) is 1. The molecule has 4 nitrogen and oxygen atoms in total. The Labute approximate surface area is 443 Å². The van der Waals surface area contributed by atoms with Crippen molar-refractivity contribution in [1.82, 2.24) is 5.32 Å². The maximum atomic E-state index is 12.5. The van der Waals surface area contributed by atoms with Gasteiger partial charge in [-0.3, -0.25) is 4.79 Å². The maximum Gasteiger partial charge on any atom is 0.220 e. The van der Waals surface area contributed by atoms with E-state index in [1.54, 1.807) is 6.08 Å². The molecular formula is C67H119NO3. The van der Waals surface area contributed by atoms with Crippen LogP contribution < -0.4 is 5.32 Å². The van der Waals surface area contributed by atoms with Crippen molar-refractivity contribution in [2.75, 3.05) is 6.61 Å². The number of carbonyl (C=O) groups excluding carboxylic acids is 1. The quantitative estimate of drug-likeness (QED) is 0.0420. The van der Waals surface area contributed by atoms with Crippen LogP contribution in [0.5, 0.6) is 0 Å². The van der Waals surface area contributed by atoms with Crippen LogP contribution in [0, 0.1) is 0 Å². The van der Waals surface area contributed by atoms with Gasteiger partial charge in [-0.1, -0.05) is 310 Å². The van der Waals surface area contributed by atoms with E-state index in [1.807, 2.05) is 6.08 Å². The van der Waals surface area contributed by atoms with E-state index in [0.29, 0.717) is 6.42 Å². The first-order chi connectivity index (χ1) is 35.2. The SMILES string of the molecule is CC/C=C\C/C=C\C/C=C\C/C=C\C/C=C\C/C=C\CCCCCCCCCCCCCCCCCCCCC(=O)NC(CO)C(O)/C=C/CC/C=C/CCCCCCCCCCCCCCCCCC. The first-order valence-corrected chi connectivity index (χ1v) is 31.0. The van der Waals surface area contributed by atoms with Crippen LogP contribution in [-0.2, 0) is 4.79 Å². The van der Waals surface area contributed by atoms with Gasteiger partial charge in [-0.05, 0) is 83.5 Å². The van der Waals surface area contributed by atoms with Gasteiger partial charge >= 0.3 is 0 Å². The Morgan fingerprint density at radius 3 is 0.986 bits per heavy atom. The zero-order chi connectivity index (χ0) is 51.3. The predicted octanol–water partition coefficient (Wildman–Crippen LogP) is 20.9. The Bertz CT molecular complexity index is 1300. The third-order valence-electron chi connectivity index (χ3n) is 13.8. The van der Waals surface area contributed by atoms with Gasteiger partial charge < -0.3 is 15.5 Å². The van der Waals surface area contributed by atoms with E-state index >= 15 is 0 Å². The monoisotopic (exact) mass is 986 g/mol. The van der Waals surface area contributed by atoms with Crippen LogP contribution in [-0.4, -0.2) is 34.9 Å². The molecule has 410 valence electrons. The van der Waals surface area contributed by atoms with E-state index in [0.717, 1.165) is 70.6 Å². The minimum Gasteiger partial charge on any atom is -0.394 e. The molecule has 0 spiro atoms. The summed E-state index contributed by atoms with van der Waals surface area (Å²) in [6.45, 7) is 4.20. The fraction of sp³-hybridized carbons (Fsp3) is 0.746. The van der Waals surface area contributed by atoms with E-state index in [1.165, 1.54) is 212 Å². The number of aliphatic hydroxyl groups excluding tert-OH is 2. The van der Waals surface area contributed by atoms with Gasteiger partial charge in [0, 0.05) is 6.42 Å². The lowest BCUT2D eigenvalue weighted by atomic mass is 10.0. The molecule has 0 aromatic rings. The summed E-state index contributed by atoms with van der Waals surface area (Å²) in [4.78, 5) is 12.5. The molecule has 0 aliphatic carbocycles. The number of allylic oxidation sites excluding steroid dienone is 15. The van der Waals surface area contributed by atoms with Gasteiger partial charge in [0.1, 0.15) is 0 Å². The highest BCUT2D eigenvalue weighted by Gasteiger charge is 2.18. The third-order valence-corrected chi connectivity index (χ3v) is 13.8. The average Bonchev–Trinajstić information content (AvgIpc) is 3.37. The van der Waals surface area contributed by atoms with Crippen LogP contribution in [0.15, 0.2) is 97.2 Å². The molecule has 0 bridgehead atoms. The molecule has 1 amide bonds. The minimum atomic E-state index is -0.866. The second kappa shape index (κ2) is 61.6. The highest BCUT2D eigenvalue weighted by atomic mass is 16.3. The molecule has 2 unspecified atom stereocenters. The Hall–Kier alpha value is -2.69. The van der Waals surface area contributed by atoms with Gasteiger partial charge in [0.2, 0.25) is 5.91 Å². The molecule has 0 aromatic heterocycles. The van der Waals surface area contributed by atoms with Crippen molar-refractivity contribution in [2.45, 2.75) is 315 Å². The molecule has 4 heteroatoms. The third kappa shape index (κ3) is 58.1. The van der Waals surface area contributed by atoms with Crippen LogP contribution in [0.3, 0.4) is 0 Å². The summed E-state index contributed by atoms with van der Waals surface area (Å²) < 4.78 is 0. The van der Waals surface area contributed by atoms with E-state index in [2.05, 4.69) is 104 Å². The first-order valence-electron chi connectivity index (χ1n) is 31.0. The molecule has 0 radical (unpaired) electrons. The molecule has 0 aliphatic rings. The zero-order valence-corrected chi connectivity index (χ0v) is 47.2. The fourth-order valence-corrected chi connectivity index (χ4v) is 9.14. The van der Waals surface area contributed by atoms with Crippen LogP contribution in [0.4, 0.5) is 0 Å². The Morgan fingerprint density at radius 2 is 0.634 bits per heavy atom. The minimum absolute atomic E-state index is 0.0723. The molecule has 0 aliphatic heterocycles. The molecule has 0 rings (SSSR count). The van der Waals surface area contributed by atoms with Gasteiger partial charge in [-0.25, -0.2) is 0 Å². The fourth-order valence-electron chi connectivity index (χ4n) is 9.14. The van der Waals surface area contributed by atoms with E-state index in [4.69, 9.17) is 0 Å². The van der Waals surface area contributed by atoms with Crippen LogP contribution in [0.1, 0.15) is 303 Å². The van der Waals surface area contributed by atoms with Crippen molar-refractivity contribution in [3.63, 3.8) is 0 Å². The summed E-state index contributed by atoms with van der Waals surface area (Å²) in [5.74, 6) is -0.0723. The topological polar surface area (TPSA) is 69.6 Å². The number of aliphatic hydroxyl groups is 2. The number of rotatable bonds is 56. The van der Waals surface area contributed by atoms with Gasteiger partial charge in [0.25, 0.3) is 0 Å². The Kier molecular flexibility index (Phi) is 59.3. The number of hydrogen-bond donors (Lipinski definition) is 3. The molecule has 0 heterocycles. The second-order valence-corrected chi connectivity index (χ2v) is 20.7. The maximum absolute atomic E-state index is 12.5. The van der Waals surface area contributed by atoms with E-state index < -0.39 is 12.1 Å². The van der Waals surface area contributed by atoms with Gasteiger partial charge in [-0.2, -0.15) is 0 Å². The molecule has 0 fully saturated rings. The number of hydrogen-bond acceptors (Lipinski definition) is 3. The van der Waals surface area contributed by atoms with Crippen molar-refractivity contribution in [2.24, 2.45) is 0 Å². The first kappa shape index (κ1) is 68.3. The van der Waals surface area contributed by atoms with Gasteiger partial charge in [-0.15, -0.1) is 0 Å². The van der Waals surface area contributed by atoms with Crippen molar-refractivity contribution < 1.29 is 15.0 Å². The second-order valence-electron chi connectivity index (χ2n) is 20.7. The van der Waals surface area contributed by atoms with E-state index in [-0.39, 0.29) is 12.5 Å². The Balaban J connectivity index is 3.51. The normalized spacial score (nSPS) is 13.5. The number of amides is 1. The summed E-state index contributed by atoms with van der Waals surface area (Å²) in [7, 11) is 0. The lowest BCUT2D eigenvalue weighted by Gasteiger charge is -2.19. The van der Waals surface area contributed by atoms with Crippen LogP contribution >= 0.6 is 0 Å². The summed E-state index contributed by atoms with van der Waals surface area (Å²) in [6.07, 6.45) is 91.7. The number of unbranched alkanes of at least 4 members (excludes halogenated alkanes) is 35. The molecule has 0 aromatic carbocycles. The summed E-state index contributed by atoms with van der Waals surface area (Å²) in [6, 6.07) is -0.643. The molecule has 0 saturated carbocycles. The van der Waals surface area contributed by atoms with Crippen molar-refractivity contribution in [3.05, 3.63) is 97.2 Å². The van der Waals surface area contributed by atoms with Crippen LogP contribution in [0.25, 0.3) is 0 Å². The smallest absolute Gasteiger partial charge is 0.220 e. The predicted molar refractivity (Wildman–Crippen MR) is 317 cm³/mol. The molecule has 2 atom stereocenters. The van der Waals surface area contributed by atoms with Crippen LogP contribution in [0.2, 0.25) is 0 Å². The molecule has 71 heavy (non-hydrogen) atoms. The molecule has 3 N–H and O–H groups in total. The summed E-state index contributed by atoms with van der Waals surface area (Å²) in [5.41, 5.74) is 0. The highest BCUT2D eigenvalue weighted by Crippen LogP contribution is 2.17. The molecular weight excluding hydrogens is 867 g/mol. The average molecular weight is 987 g/mol. The van der Waals surface area contributed by atoms with Gasteiger partial charge in [0.15, 0.2) is 0 Å². The molecule has 0 saturated heterocycles. The van der Waals surface area contributed by atoms with Crippen molar-refractivity contribution >= 4 is 5.91 Å². The lowest BCUT2D eigenvalue weighted by molar-refractivity contribution is -0.123. The van der Waals surface area contributed by atoms with Gasteiger partial charge in [0.05, 0.1) is 18.8 Å². The highest BCUT2D eigenvalue weighted by molar-refractivity contribution is 5.76. The lowest BCUT2D eigenvalue weighted by Crippen LogP contribution is -2.45.